The highest BCUT2D eigenvalue weighted by Gasteiger charge is 2.14. The lowest BCUT2D eigenvalue weighted by molar-refractivity contribution is 0.0946. The minimum absolute atomic E-state index is 0.221. The molecular formula is C15H13F2NO2. The van der Waals surface area contributed by atoms with Gasteiger partial charge in [-0.3, -0.25) is 4.79 Å². The van der Waals surface area contributed by atoms with E-state index in [4.69, 9.17) is 4.74 Å². The number of methoxy groups -OCH3 is 1. The van der Waals surface area contributed by atoms with Crippen LogP contribution < -0.4 is 10.1 Å². The van der Waals surface area contributed by atoms with Crippen LogP contribution in [0.4, 0.5) is 8.78 Å². The molecule has 0 aliphatic carbocycles. The average molecular weight is 277 g/mol. The van der Waals surface area contributed by atoms with Crippen molar-refractivity contribution in [1.29, 1.82) is 0 Å². The molecule has 0 atom stereocenters. The van der Waals surface area contributed by atoms with Crippen LogP contribution in [0.5, 0.6) is 5.75 Å². The van der Waals surface area contributed by atoms with Gasteiger partial charge in [-0.2, -0.15) is 0 Å². The van der Waals surface area contributed by atoms with Crippen LogP contribution in [0.25, 0.3) is 0 Å². The maximum absolute atomic E-state index is 13.4. The molecule has 1 amide bonds. The van der Waals surface area contributed by atoms with Crippen molar-refractivity contribution < 1.29 is 18.3 Å². The standard InChI is InChI=1S/C15H13F2NO2/c1-20-11-7-5-10(6-8-11)9-18-15(19)12-3-2-4-13(16)14(12)17/h2-8H,9H2,1H3,(H,18,19). The summed E-state index contributed by atoms with van der Waals surface area (Å²) in [6, 6.07) is 10.6. The number of carbonyl (C=O) groups is 1. The van der Waals surface area contributed by atoms with Crippen molar-refractivity contribution in [3.63, 3.8) is 0 Å². The van der Waals surface area contributed by atoms with Gasteiger partial charge in [-0.05, 0) is 29.8 Å². The van der Waals surface area contributed by atoms with Gasteiger partial charge in [-0.25, -0.2) is 8.78 Å². The predicted octanol–water partition coefficient (Wildman–Crippen LogP) is 2.90. The Morgan fingerprint density at radius 1 is 1.15 bits per heavy atom. The third kappa shape index (κ3) is 3.12. The maximum atomic E-state index is 13.4. The third-order valence-corrected chi connectivity index (χ3v) is 2.81. The molecule has 104 valence electrons. The molecule has 0 aromatic heterocycles. The van der Waals surface area contributed by atoms with E-state index >= 15 is 0 Å². The Bertz CT molecular complexity index is 612. The highest BCUT2D eigenvalue weighted by atomic mass is 19.2. The molecule has 0 saturated heterocycles. The van der Waals surface area contributed by atoms with Gasteiger partial charge in [0.2, 0.25) is 0 Å². The van der Waals surface area contributed by atoms with Crippen LogP contribution in [0, 0.1) is 11.6 Å². The van der Waals surface area contributed by atoms with Gasteiger partial charge in [0.25, 0.3) is 5.91 Å². The first kappa shape index (κ1) is 14.0. The highest BCUT2D eigenvalue weighted by molar-refractivity contribution is 5.94. The maximum Gasteiger partial charge on any atom is 0.254 e. The molecule has 0 bridgehead atoms. The summed E-state index contributed by atoms with van der Waals surface area (Å²) in [5.41, 5.74) is 0.523. The summed E-state index contributed by atoms with van der Waals surface area (Å²) in [6.45, 7) is 0.221. The molecule has 0 radical (unpaired) electrons. The van der Waals surface area contributed by atoms with Crippen LogP contribution >= 0.6 is 0 Å². The summed E-state index contributed by atoms with van der Waals surface area (Å²) in [7, 11) is 1.56. The third-order valence-electron chi connectivity index (χ3n) is 2.81. The van der Waals surface area contributed by atoms with Gasteiger partial charge >= 0.3 is 0 Å². The number of halogens is 2. The van der Waals surface area contributed by atoms with Gasteiger partial charge in [-0.15, -0.1) is 0 Å². The zero-order chi connectivity index (χ0) is 14.5. The van der Waals surface area contributed by atoms with E-state index in [-0.39, 0.29) is 12.1 Å². The molecule has 2 aromatic rings. The number of carbonyl (C=O) groups excluding carboxylic acids is 1. The highest BCUT2D eigenvalue weighted by Crippen LogP contribution is 2.13. The smallest absolute Gasteiger partial charge is 0.254 e. The van der Waals surface area contributed by atoms with E-state index in [1.54, 1.807) is 31.4 Å². The van der Waals surface area contributed by atoms with E-state index in [0.29, 0.717) is 5.75 Å². The minimum atomic E-state index is -1.14. The number of benzene rings is 2. The second kappa shape index (κ2) is 6.14. The lowest BCUT2D eigenvalue weighted by atomic mass is 10.1. The molecule has 1 N–H and O–H groups in total. The fraction of sp³-hybridized carbons (Fsp3) is 0.133. The summed E-state index contributed by atoms with van der Waals surface area (Å²) in [5, 5.41) is 2.53. The van der Waals surface area contributed by atoms with Crippen molar-refractivity contribution in [2.45, 2.75) is 6.54 Å². The van der Waals surface area contributed by atoms with Crippen molar-refractivity contribution in [3.05, 3.63) is 65.2 Å². The molecule has 20 heavy (non-hydrogen) atoms. The SMILES string of the molecule is COc1ccc(CNC(=O)c2cccc(F)c2F)cc1. The van der Waals surface area contributed by atoms with Crippen LogP contribution in [0.1, 0.15) is 15.9 Å². The zero-order valence-corrected chi connectivity index (χ0v) is 10.8. The first-order valence-corrected chi connectivity index (χ1v) is 5.97. The Hall–Kier alpha value is -2.43. The lowest BCUT2D eigenvalue weighted by Gasteiger charge is -2.07. The summed E-state index contributed by atoms with van der Waals surface area (Å²) >= 11 is 0. The minimum Gasteiger partial charge on any atom is -0.497 e. The number of hydrogen-bond acceptors (Lipinski definition) is 2. The summed E-state index contributed by atoms with van der Waals surface area (Å²) < 4.78 is 31.5. The fourth-order valence-electron chi connectivity index (χ4n) is 1.70. The topological polar surface area (TPSA) is 38.3 Å². The second-order valence-electron chi connectivity index (χ2n) is 4.13. The number of ether oxygens (including phenoxy) is 1. The molecule has 0 aliphatic heterocycles. The summed E-state index contributed by atoms with van der Waals surface area (Å²) in [5.74, 6) is -2.13. The van der Waals surface area contributed by atoms with E-state index < -0.39 is 17.5 Å². The Balaban J connectivity index is 2.02. The van der Waals surface area contributed by atoms with Gasteiger partial charge in [-0.1, -0.05) is 18.2 Å². The van der Waals surface area contributed by atoms with Crippen LogP contribution in [0.3, 0.4) is 0 Å². The van der Waals surface area contributed by atoms with Gasteiger partial charge in [0.15, 0.2) is 11.6 Å². The van der Waals surface area contributed by atoms with Crippen molar-refractivity contribution in [2.24, 2.45) is 0 Å². The molecule has 0 fully saturated rings. The van der Waals surface area contributed by atoms with Crippen LogP contribution in [-0.4, -0.2) is 13.0 Å². The van der Waals surface area contributed by atoms with E-state index in [0.717, 1.165) is 11.6 Å². The molecule has 3 nitrogen and oxygen atoms in total. The number of amides is 1. The van der Waals surface area contributed by atoms with Gasteiger partial charge < -0.3 is 10.1 Å². The molecule has 2 rings (SSSR count). The van der Waals surface area contributed by atoms with Crippen molar-refractivity contribution in [3.8, 4) is 5.75 Å². The van der Waals surface area contributed by atoms with Crippen molar-refractivity contribution in [2.75, 3.05) is 7.11 Å². The van der Waals surface area contributed by atoms with E-state index in [1.165, 1.54) is 12.1 Å². The Morgan fingerprint density at radius 2 is 1.85 bits per heavy atom. The van der Waals surface area contributed by atoms with Crippen molar-refractivity contribution >= 4 is 5.91 Å². The monoisotopic (exact) mass is 277 g/mol. The molecule has 0 spiro atoms. The zero-order valence-electron chi connectivity index (χ0n) is 10.8. The first-order valence-electron chi connectivity index (χ1n) is 5.97. The molecule has 5 heteroatoms. The summed E-state index contributed by atoms with van der Waals surface area (Å²) in [6.07, 6.45) is 0. The number of nitrogens with one attached hydrogen (secondary N) is 1. The quantitative estimate of drug-likeness (QED) is 0.933. The van der Waals surface area contributed by atoms with Gasteiger partial charge in [0.05, 0.1) is 12.7 Å². The average Bonchev–Trinajstić information content (AvgIpc) is 2.48. The molecule has 2 aromatic carbocycles. The number of rotatable bonds is 4. The van der Waals surface area contributed by atoms with E-state index in [2.05, 4.69) is 5.32 Å². The van der Waals surface area contributed by atoms with Gasteiger partial charge in [0.1, 0.15) is 5.75 Å². The first-order chi connectivity index (χ1) is 9.61. The van der Waals surface area contributed by atoms with E-state index in [1.807, 2.05) is 0 Å². The second-order valence-corrected chi connectivity index (χ2v) is 4.13. The van der Waals surface area contributed by atoms with Crippen LogP contribution in [-0.2, 0) is 6.54 Å². The molecule has 0 aliphatic rings. The molecule has 0 unspecified atom stereocenters. The number of hydrogen-bond donors (Lipinski definition) is 1. The predicted molar refractivity (Wildman–Crippen MR) is 70.5 cm³/mol. The van der Waals surface area contributed by atoms with Crippen LogP contribution in [0.15, 0.2) is 42.5 Å². The van der Waals surface area contributed by atoms with Crippen molar-refractivity contribution in [1.82, 2.24) is 5.32 Å². The fourth-order valence-corrected chi connectivity index (χ4v) is 1.70. The van der Waals surface area contributed by atoms with Gasteiger partial charge in [0, 0.05) is 6.54 Å². The Labute approximate surface area is 115 Å². The molecular weight excluding hydrogens is 264 g/mol. The Morgan fingerprint density at radius 3 is 2.50 bits per heavy atom. The Kier molecular flexibility index (Phi) is 4.30. The normalized spacial score (nSPS) is 10.2. The lowest BCUT2D eigenvalue weighted by Crippen LogP contribution is -2.24. The van der Waals surface area contributed by atoms with Crippen LogP contribution in [0.2, 0.25) is 0 Å². The summed E-state index contributed by atoms with van der Waals surface area (Å²) in [4.78, 5) is 11.8. The van der Waals surface area contributed by atoms with E-state index in [9.17, 15) is 13.6 Å². The molecule has 0 saturated carbocycles. The largest absolute Gasteiger partial charge is 0.497 e. The molecule has 0 heterocycles.